The minimum Gasteiger partial charge on any atom is -0.352 e. The van der Waals surface area contributed by atoms with E-state index in [1.54, 1.807) is 12.1 Å². The summed E-state index contributed by atoms with van der Waals surface area (Å²) in [7, 11) is 0. The molecule has 2 saturated carbocycles. The number of amides is 2. The zero-order valence-corrected chi connectivity index (χ0v) is 15.5. The molecule has 5 nitrogen and oxygen atoms in total. The van der Waals surface area contributed by atoms with Gasteiger partial charge in [0.1, 0.15) is 5.82 Å². The molecular weight excluding hydrogens is 357 g/mol. The van der Waals surface area contributed by atoms with Crippen LogP contribution in [0.15, 0.2) is 48.5 Å². The maximum absolute atomic E-state index is 12.9. The van der Waals surface area contributed by atoms with Crippen molar-refractivity contribution in [3.8, 4) is 0 Å². The Morgan fingerprint density at radius 2 is 1.68 bits per heavy atom. The number of rotatable bonds is 5. The average molecular weight is 381 g/mol. The lowest BCUT2D eigenvalue weighted by atomic mass is 9.84. The van der Waals surface area contributed by atoms with Gasteiger partial charge >= 0.3 is 0 Å². The third kappa shape index (κ3) is 3.78. The molecule has 2 fully saturated rings. The summed E-state index contributed by atoms with van der Waals surface area (Å²) in [5.41, 5.74) is 8.18. The van der Waals surface area contributed by atoms with Crippen molar-refractivity contribution in [2.75, 3.05) is 5.32 Å². The van der Waals surface area contributed by atoms with E-state index in [9.17, 15) is 14.0 Å². The van der Waals surface area contributed by atoms with Crippen molar-refractivity contribution in [3.63, 3.8) is 0 Å². The van der Waals surface area contributed by atoms with Crippen LogP contribution in [0.1, 0.15) is 35.2 Å². The quantitative estimate of drug-likeness (QED) is 0.744. The fourth-order valence-corrected chi connectivity index (χ4v) is 4.54. The Morgan fingerprint density at radius 3 is 2.32 bits per heavy atom. The first-order chi connectivity index (χ1) is 13.5. The van der Waals surface area contributed by atoms with Gasteiger partial charge in [0.2, 0.25) is 5.91 Å². The Morgan fingerprint density at radius 1 is 1.00 bits per heavy atom. The molecule has 2 bridgehead atoms. The molecule has 146 valence electrons. The summed E-state index contributed by atoms with van der Waals surface area (Å²) in [5.74, 6) is 0.278. The number of carbonyl (C=O) groups is 2. The molecule has 2 aromatic rings. The number of anilines is 1. The molecule has 0 heterocycles. The molecule has 0 saturated heterocycles. The molecule has 4 rings (SSSR count). The number of fused-ring (bicyclic) bond motifs is 2. The van der Waals surface area contributed by atoms with E-state index in [2.05, 4.69) is 10.6 Å². The van der Waals surface area contributed by atoms with Crippen molar-refractivity contribution in [2.45, 2.75) is 31.8 Å². The minimum atomic E-state index is -0.351. The lowest BCUT2D eigenvalue weighted by Gasteiger charge is -2.27. The number of hydrogen-bond acceptors (Lipinski definition) is 3. The monoisotopic (exact) mass is 381 g/mol. The molecule has 6 heteroatoms. The predicted molar refractivity (Wildman–Crippen MR) is 105 cm³/mol. The van der Waals surface area contributed by atoms with Gasteiger partial charge in [-0.05, 0) is 73.1 Å². The third-order valence-corrected chi connectivity index (χ3v) is 6.07. The molecule has 2 aromatic carbocycles. The highest BCUT2D eigenvalue weighted by Crippen LogP contribution is 2.47. The van der Waals surface area contributed by atoms with Gasteiger partial charge in [-0.1, -0.05) is 12.1 Å². The van der Waals surface area contributed by atoms with E-state index >= 15 is 0 Å². The summed E-state index contributed by atoms with van der Waals surface area (Å²) in [4.78, 5) is 24.8. The number of halogens is 1. The second-order valence-corrected chi connectivity index (χ2v) is 7.81. The second-order valence-electron chi connectivity index (χ2n) is 7.81. The Labute approximate surface area is 163 Å². The topological polar surface area (TPSA) is 84.2 Å². The lowest BCUT2D eigenvalue weighted by Crippen LogP contribution is -2.45. The van der Waals surface area contributed by atoms with Crippen LogP contribution < -0.4 is 16.4 Å². The van der Waals surface area contributed by atoms with Crippen LogP contribution in [0.3, 0.4) is 0 Å². The highest BCUT2D eigenvalue weighted by Gasteiger charge is 2.48. The smallest absolute Gasteiger partial charge is 0.255 e. The highest BCUT2D eigenvalue weighted by molar-refractivity contribution is 6.04. The number of benzene rings is 2. The molecule has 0 spiro atoms. The molecule has 4 atom stereocenters. The largest absolute Gasteiger partial charge is 0.352 e. The Bertz CT molecular complexity index is 864. The molecular formula is C22H24FN3O2. The van der Waals surface area contributed by atoms with Crippen LogP contribution in [0.5, 0.6) is 0 Å². The first kappa shape index (κ1) is 18.6. The van der Waals surface area contributed by atoms with Gasteiger partial charge in [-0.25, -0.2) is 4.39 Å². The number of carbonyl (C=O) groups excluding carboxylic acids is 2. The van der Waals surface area contributed by atoms with E-state index in [0.29, 0.717) is 29.6 Å². The van der Waals surface area contributed by atoms with Crippen LogP contribution in [0.4, 0.5) is 10.1 Å². The van der Waals surface area contributed by atoms with Gasteiger partial charge in [0, 0.05) is 23.8 Å². The van der Waals surface area contributed by atoms with Crippen molar-refractivity contribution in [1.29, 1.82) is 0 Å². The molecule has 2 amide bonds. The van der Waals surface area contributed by atoms with Crippen molar-refractivity contribution in [2.24, 2.45) is 23.5 Å². The number of nitrogens with one attached hydrogen (secondary N) is 2. The standard InChI is InChI=1S/C22H24FN3O2/c23-17-7-9-18(10-8-17)26-21(27)14-3-1-13(2-4-14)12-25-22(28)19-15-5-6-16(11-15)20(19)24/h1-4,7-10,15-16,19-20H,5-6,11-12,24H2,(H,25,28)(H,26,27). The summed E-state index contributed by atoms with van der Waals surface area (Å²) in [6.07, 6.45) is 3.34. The summed E-state index contributed by atoms with van der Waals surface area (Å²) < 4.78 is 12.9. The van der Waals surface area contributed by atoms with E-state index in [0.717, 1.165) is 24.8 Å². The SMILES string of the molecule is NC1C2CCC(C2)C1C(=O)NCc1ccc(C(=O)Nc2ccc(F)cc2)cc1. The first-order valence-electron chi connectivity index (χ1n) is 9.70. The Balaban J connectivity index is 1.31. The second kappa shape index (κ2) is 7.72. The molecule has 4 unspecified atom stereocenters. The summed E-state index contributed by atoms with van der Waals surface area (Å²) in [6.45, 7) is 0.416. The van der Waals surface area contributed by atoms with Crippen molar-refractivity contribution >= 4 is 17.5 Å². The van der Waals surface area contributed by atoms with Crippen LogP contribution in [0.25, 0.3) is 0 Å². The van der Waals surface area contributed by atoms with Gasteiger partial charge in [0.15, 0.2) is 0 Å². The van der Waals surface area contributed by atoms with Gasteiger partial charge in [-0.3, -0.25) is 9.59 Å². The highest BCUT2D eigenvalue weighted by atomic mass is 19.1. The van der Waals surface area contributed by atoms with Crippen LogP contribution >= 0.6 is 0 Å². The molecule has 0 aromatic heterocycles. The van der Waals surface area contributed by atoms with Gasteiger partial charge in [0.05, 0.1) is 5.92 Å². The predicted octanol–water partition coefficient (Wildman–Crippen LogP) is 3.07. The minimum absolute atomic E-state index is 0.0173. The van der Waals surface area contributed by atoms with Crippen molar-refractivity contribution in [1.82, 2.24) is 5.32 Å². The first-order valence-corrected chi connectivity index (χ1v) is 9.70. The Kier molecular flexibility index (Phi) is 5.13. The van der Waals surface area contributed by atoms with Crippen molar-refractivity contribution in [3.05, 3.63) is 65.5 Å². The van der Waals surface area contributed by atoms with Gasteiger partial charge in [0.25, 0.3) is 5.91 Å². The van der Waals surface area contributed by atoms with E-state index < -0.39 is 0 Å². The molecule has 0 aliphatic heterocycles. The molecule has 2 aliphatic carbocycles. The van der Waals surface area contributed by atoms with Crippen LogP contribution in [-0.2, 0) is 11.3 Å². The molecule has 28 heavy (non-hydrogen) atoms. The zero-order chi connectivity index (χ0) is 19.7. The van der Waals surface area contributed by atoms with Crippen molar-refractivity contribution < 1.29 is 14.0 Å². The maximum atomic E-state index is 12.9. The molecule has 0 radical (unpaired) electrons. The Hall–Kier alpha value is -2.73. The zero-order valence-electron chi connectivity index (χ0n) is 15.5. The molecule has 2 aliphatic rings. The van der Waals surface area contributed by atoms with Gasteiger partial charge < -0.3 is 16.4 Å². The summed E-state index contributed by atoms with van der Waals surface area (Å²) in [5, 5.41) is 5.72. The van der Waals surface area contributed by atoms with Gasteiger partial charge in [-0.2, -0.15) is 0 Å². The maximum Gasteiger partial charge on any atom is 0.255 e. The van der Waals surface area contributed by atoms with Crippen LogP contribution in [0.2, 0.25) is 0 Å². The van der Waals surface area contributed by atoms with E-state index in [1.165, 1.54) is 24.3 Å². The third-order valence-electron chi connectivity index (χ3n) is 6.07. The number of nitrogens with two attached hydrogens (primary N) is 1. The number of hydrogen-bond donors (Lipinski definition) is 3. The van der Waals surface area contributed by atoms with E-state index in [-0.39, 0.29) is 29.6 Å². The van der Waals surface area contributed by atoms with Crippen LogP contribution in [-0.4, -0.2) is 17.9 Å². The summed E-state index contributed by atoms with van der Waals surface area (Å²) in [6, 6.07) is 12.7. The fraction of sp³-hybridized carbons (Fsp3) is 0.364. The van der Waals surface area contributed by atoms with E-state index in [1.807, 2.05) is 12.1 Å². The summed E-state index contributed by atoms with van der Waals surface area (Å²) >= 11 is 0. The molecule has 4 N–H and O–H groups in total. The van der Waals surface area contributed by atoms with Gasteiger partial charge in [-0.15, -0.1) is 0 Å². The average Bonchev–Trinajstić information content (AvgIpc) is 3.29. The fourth-order valence-electron chi connectivity index (χ4n) is 4.54. The lowest BCUT2D eigenvalue weighted by molar-refractivity contribution is -0.127. The van der Waals surface area contributed by atoms with E-state index in [4.69, 9.17) is 5.73 Å². The normalized spacial score (nSPS) is 25.5. The van der Waals surface area contributed by atoms with Crippen LogP contribution in [0, 0.1) is 23.6 Å².